The van der Waals surface area contributed by atoms with E-state index < -0.39 is 0 Å². The first-order chi connectivity index (χ1) is 16.9. The van der Waals surface area contributed by atoms with Crippen LogP contribution in [-0.2, 0) is 11.3 Å². The largest absolute Gasteiger partial charge is 0.352 e. The van der Waals surface area contributed by atoms with Crippen molar-refractivity contribution in [1.29, 1.82) is 0 Å². The maximum Gasteiger partial charge on any atom is 0.225 e. The lowest BCUT2D eigenvalue weighted by atomic mass is 9.97. The van der Waals surface area contributed by atoms with Gasteiger partial charge in [0.15, 0.2) is 5.82 Å². The molecule has 35 heavy (non-hydrogen) atoms. The Balaban J connectivity index is 1.39. The third-order valence-corrected chi connectivity index (χ3v) is 6.73. The van der Waals surface area contributed by atoms with Crippen LogP contribution in [0.15, 0.2) is 48.5 Å². The molecule has 1 atom stereocenters. The van der Waals surface area contributed by atoms with Crippen LogP contribution in [0.1, 0.15) is 35.4 Å². The van der Waals surface area contributed by atoms with Crippen molar-refractivity contribution in [1.82, 2.24) is 25.3 Å². The zero-order chi connectivity index (χ0) is 24.5. The Bertz CT molecular complexity index is 1360. The number of fused-ring (bicyclic) bond motifs is 1. The third kappa shape index (κ3) is 4.60. The van der Waals surface area contributed by atoms with Gasteiger partial charge in [0.1, 0.15) is 11.3 Å². The van der Waals surface area contributed by atoms with Crippen molar-refractivity contribution in [3.8, 4) is 5.69 Å². The Hall–Kier alpha value is -3.81. The molecule has 1 saturated heterocycles. The molecule has 2 aromatic heterocycles. The molecular weight excluding hydrogens is 443 g/mol. The first kappa shape index (κ1) is 23.0. The second kappa shape index (κ2) is 9.44. The van der Waals surface area contributed by atoms with E-state index in [9.17, 15) is 9.18 Å². The van der Waals surface area contributed by atoms with Gasteiger partial charge in [-0.1, -0.05) is 29.8 Å². The van der Waals surface area contributed by atoms with Gasteiger partial charge >= 0.3 is 0 Å². The van der Waals surface area contributed by atoms with Crippen LogP contribution in [0.25, 0.3) is 16.6 Å². The Labute approximate surface area is 204 Å². The fourth-order valence-electron chi connectivity index (χ4n) is 4.78. The van der Waals surface area contributed by atoms with Crippen LogP contribution in [0.5, 0.6) is 0 Å². The van der Waals surface area contributed by atoms with Gasteiger partial charge in [0.25, 0.3) is 0 Å². The maximum atomic E-state index is 13.1. The Morgan fingerprint density at radius 2 is 1.80 bits per heavy atom. The monoisotopic (exact) mass is 472 g/mol. The molecule has 0 spiro atoms. The van der Waals surface area contributed by atoms with Crippen molar-refractivity contribution in [2.45, 2.75) is 40.2 Å². The van der Waals surface area contributed by atoms with Gasteiger partial charge in [0.2, 0.25) is 5.91 Å². The molecule has 180 valence electrons. The quantitative estimate of drug-likeness (QED) is 0.466. The number of hydrogen-bond donors (Lipinski definition) is 1. The molecule has 5 rings (SSSR count). The van der Waals surface area contributed by atoms with Gasteiger partial charge in [-0.05, 0) is 63.4 Å². The molecule has 7 nitrogen and oxygen atoms in total. The predicted octanol–water partition coefficient (Wildman–Crippen LogP) is 4.41. The lowest BCUT2D eigenvalue weighted by molar-refractivity contribution is -0.125. The summed E-state index contributed by atoms with van der Waals surface area (Å²) in [5, 5.41) is 17.9. The zero-order valence-electron chi connectivity index (χ0n) is 20.3. The van der Waals surface area contributed by atoms with Crippen LogP contribution < -0.4 is 10.2 Å². The molecule has 0 aliphatic carbocycles. The van der Waals surface area contributed by atoms with E-state index in [1.54, 1.807) is 12.1 Å². The van der Waals surface area contributed by atoms with Crippen LogP contribution in [0.2, 0.25) is 0 Å². The Kier molecular flexibility index (Phi) is 6.19. The molecule has 1 aliphatic rings. The number of nitrogens with zero attached hydrogens (tertiary/aromatic N) is 5. The predicted molar refractivity (Wildman–Crippen MR) is 134 cm³/mol. The number of carbonyl (C=O) groups is 1. The summed E-state index contributed by atoms with van der Waals surface area (Å²) < 4.78 is 15.1. The summed E-state index contributed by atoms with van der Waals surface area (Å²) >= 11 is 0. The van der Waals surface area contributed by atoms with E-state index >= 15 is 0 Å². The Morgan fingerprint density at radius 3 is 2.54 bits per heavy atom. The first-order valence-corrected chi connectivity index (χ1v) is 12.0. The van der Waals surface area contributed by atoms with E-state index in [2.05, 4.69) is 58.5 Å². The summed E-state index contributed by atoms with van der Waals surface area (Å²) in [5.41, 5.74) is 5.72. The summed E-state index contributed by atoms with van der Waals surface area (Å²) in [6.45, 7) is 7.80. The molecule has 8 heteroatoms. The minimum absolute atomic E-state index is 0.00305. The van der Waals surface area contributed by atoms with E-state index in [1.807, 2.05) is 11.6 Å². The number of halogens is 1. The number of piperidine rings is 1. The van der Waals surface area contributed by atoms with Crippen LogP contribution in [0.3, 0.4) is 0 Å². The highest BCUT2D eigenvalue weighted by Gasteiger charge is 2.29. The molecule has 1 aliphatic heterocycles. The number of aromatic nitrogens is 4. The van der Waals surface area contributed by atoms with E-state index in [1.165, 1.54) is 17.7 Å². The summed E-state index contributed by atoms with van der Waals surface area (Å²) in [6.07, 6.45) is 1.69. The van der Waals surface area contributed by atoms with Gasteiger partial charge in [-0.15, -0.1) is 5.10 Å². The highest BCUT2D eigenvalue weighted by Crippen LogP contribution is 2.31. The van der Waals surface area contributed by atoms with Crippen LogP contribution in [0, 0.1) is 32.5 Å². The van der Waals surface area contributed by atoms with Crippen molar-refractivity contribution < 1.29 is 9.18 Å². The lowest BCUT2D eigenvalue weighted by Gasteiger charge is -2.32. The normalized spacial score (nSPS) is 16.0. The molecular formula is C27H29FN6O. The molecule has 1 amide bonds. The summed E-state index contributed by atoms with van der Waals surface area (Å²) in [7, 11) is 0. The van der Waals surface area contributed by atoms with Crippen molar-refractivity contribution in [2.75, 3.05) is 18.0 Å². The molecule has 2 aromatic carbocycles. The van der Waals surface area contributed by atoms with E-state index in [0.29, 0.717) is 13.1 Å². The summed E-state index contributed by atoms with van der Waals surface area (Å²) in [5.74, 6) is 0.267. The number of anilines is 1. The molecule has 0 radical (unpaired) electrons. The average molecular weight is 473 g/mol. The number of rotatable bonds is 5. The number of carbonyl (C=O) groups excluding carboxylic acids is 1. The van der Waals surface area contributed by atoms with Gasteiger partial charge < -0.3 is 10.2 Å². The van der Waals surface area contributed by atoms with Crippen molar-refractivity contribution in [3.63, 3.8) is 0 Å². The van der Waals surface area contributed by atoms with Gasteiger partial charge in [0.05, 0.1) is 28.4 Å². The maximum absolute atomic E-state index is 13.1. The van der Waals surface area contributed by atoms with Crippen molar-refractivity contribution in [2.24, 2.45) is 5.92 Å². The van der Waals surface area contributed by atoms with E-state index in [4.69, 9.17) is 5.10 Å². The second-order valence-corrected chi connectivity index (χ2v) is 9.29. The second-order valence-electron chi connectivity index (χ2n) is 9.29. The molecule has 1 unspecified atom stereocenters. The average Bonchev–Trinajstić information content (AvgIpc) is 3.22. The van der Waals surface area contributed by atoms with Gasteiger partial charge in [-0.25, -0.2) is 9.07 Å². The van der Waals surface area contributed by atoms with Crippen LogP contribution in [-0.4, -0.2) is 39.0 Å². The standard InChI is InChI=1S/C27H29FN6O/c1-17-6-12-23(13-7-17)34-19(3)24-18(2)30-31-26(25(24)32-34)33-14-4-5-21(16-33)27(35)29-15-20-8-10-22(28)11-9-20/h6-13,21H,4-5,14-16H2,1-3H3,(H,29,35). The van der Waals surface area contributed by atoms with Gasteiger partial charge in [-0.2, -0.15) is 10.2 Å². The first-order valence-electron chi connectivity index (χ1n) is 12.0. The SMILES string of the molecule is Cc1ccc(-n2nc3c(N4CCCC(C(=O)NCc5ccc(F)cc5)C4)nnc(C)c3c2C)cc1. The minimum atomic E-state index is -0.284. The smallest absolute Gasteiger partial charge is 0.225 e. The molecule has 4 aromatic rings. The molecule has 3 heterocycles. The summed E-state index contributed by atoms with van der Waals surface area (Å²) in [4.78, 5) is 15.1. The zero-order valence-corrected chi connectivity index (χ0v) is 20.3. The Morgan fingerprint density at radius 1 is 1.06 bits per heavy atom. The number of amides is 1. The lowest BCUT2D eigenvalue weighted by Crippen LogP contribution is -2.43. The van der Waals surface area contributed by atoms with Crippen molar-refractivity contribution in [3.05, 3.63) is 76.9 Å². The fraction of sp³-hybridized carbons (Fsp3) is 0.333. The number of hydrogen-bond acceptors (Lipinski definition) is 5. The summed E-state index contributed by atoms with van der Waals surface area (Å²) in [6, 6.07) is 14.5. The van der Waals surface area contributed by atoms with Crippen LogP contribution in [0.4, 0.5) is 10.2 Å². The highest BCUT2D eigenvalue weighted by molar-refractivity contribution is 5.92. The topological polar surface area (TPSA) is 75.9 Å². The third-order valence-electron chi connectivity index (χ3n) is 6.73. The van der Waals surface area contributed by atoms with Crippen molar-refractivity contribution >= 4 is 22.6 Å². The molecule has 1 fully saturated rings. The molecule has 0 bridgehead atoms. The van der Waals surface area contributed by atoms with Crippen LogP contribution >= 0.6 is 0 Å². The fourth-order valence-corrected chi connectivity index (χ4v) is 4.78. The highest BCUT2D eigenvalue weighted by atomic mass is 19.1. The van der Waals surface area contributed by atoms with Gasteiger partial charge in [0, 0.05) is 19.6 Å². The van der Waals surface area contributed by atoms with E-state index in [0.717, 1.165) is 58.7 Å². The molecule has 1 N–H and O–H groups in total. The minimum Gasteiger partial charge on any atom is -0.352 e. The number of nitrogens with one attached hydrogen (secondary N) is 1. The molecule has 0 saturated carbocycles. The number of aryl methyl sites for hydroxylation is 3. The van der Waals surface area contributed by atoms with E-state index in [-0.39, 0.29) is 17.6 Å². The van der Waals surface area contributed by atoms with Gasteiger partial charge in [-0.3, -0.25) is 4.79 Å². The number of benzene rings is 2.